The van der Waals surface area contributed by atoms with Crippen LogP contribution in [-0.4, -0.2) is 29.8 Å². The molecule has 0 radical (unpaired) electrons. The summed E-state index contributed by atoms with van der Waals surface area (Å²) in [6.45, 7) is 1.96. The quantitative estimate of drug-likeness (QED) is 0.676. The molecule has 0 saturated heterocycles. The molecular formula is C11H9N5O. The van der Waals surface area contributed by atoms with Gasteiger partial charge in [-0.15, -0.1) is 0 Å². The van der Waals surface area contributed by atoms with E-state index in [0.29, 0.717) is 11.0 Å². The van der Waals surface area contributed by atoms with Gasteiger partial charge in [-0.3, -0.25) is 4.98 Å². The monoisotopic (exact) mass is 227 g/mol. The minimum Gasteiger partial charge on any atom is -0.493 e. The Morgan fingerprint density at radius 1 is 1.24 bits per heavy atom. The maximum Gasteiger partial charge on any atom is 0.225 e. The number of hydrogen-bond donors (Lipinski definition) is 1. The van der Waals surface area contributed by atoms with Crippen LogP contribution in [-0.2, 0) is 0 Å². The lowest BCUT2D eigenvalue weighted by molar-refractivity contribution is 0.459. The van der Waals surface area contributed by atoms with Gasteiger partial charge in [0.1, 0.15) is 11.7 Å². The molecule has 3 aromatic heterocycles. The minimum atomic E-state index is -0.0669. The zero-order valence-corrected chi connectivity index (χ0v) is 9.07. The van der Waals surface area contributed by atoms with E-state index in [4.69, 9.17) is 0 Å². The zero-order valence-electron chi connectivity index (χ0n) is 9.07. The molecule has 6 nitrogen and oxygen atoms in total. The summed E-state index contributed by atoms with van der Waals surface area (Å²) in [5.74, 6) is -0.0669. The van der Waals surface area contributed by atoms with Gasteiger partial charge in [0.15, 0.2) is 5.65 Å². The SMILES string of the molecule is Cc1ccncc1-n1ncc2c(O)ncnc21. The Bertz CT molecular complexity index is 691. The van der Waals surface area contributed by atoms with Crippen LogP contribution in [0.4, 0.5) is 0 Å². The fourth-order valence-electron chi connectivity index (χ4n) is 1.69. The van der Waals surface area contributed by atoms with Gasteiger partial charge in [-0.2, -0.15) is 5.10 Å². The first-order chi connectivity index (χ1) is 8.27. The average molecular weight is 227 g/mol. The Labute approximate surface area is 96.6 Å². The van der Waals surface area contributed by atoms with Crippen molar-refractivity contribution in [3.05, 3.63) is 36.5 Å². The lowest BCUT2D eigenvalue weighted by Crippen LogP contribution is -2.00. The molecule has 3 aromatic rings. The minimum absolute atomic E-state index is 0.0669. The number of hydrogen-bond acceptors (Lipinski definition) is 5. The molecule has 6 heteroatoms. The van der Waals surface area contributed by atoms with E-state index >= 15 is 0 Å². The van der Waals surface area contributed by atoms with Crippen LogP contribution in [0.25, 0.3) is 16.7 Å². The van der Waals surface area contributed by atoms with Gasteiger partial charge >= 0.3 is 0 Å². The fourth-order valence-corrected chi connectivity index (χ4v) is 1.69. The van der Waals surface area contributed by atoms with Crippen LogP contribution in [0.15, 0.2) is 31.0 Å². The third-order valence-electron chi connectivity index (χ3n) is 2.58. The summed E-state index contributed by atoms with van der Waals surface area (Å²) < 4.78 is 1.64. The summed E-state index contributed by atoms with van der Waals surface area (Å²) >= 11 is 0. The number of aromatic nitrogens is 5. The van der Waals surface area contributed by atoms with Crippen LogP contribution >= 0.6 is 0 Å². The van der Waals surface area contributed by atoms with Gasteiger partial charge in [0, 0.05) is 6.20 Å². The maximum absolute atomic E-state index is 9.58. The van der Waals surface area contributed by atoms with Crippen LogP contribution in [0, 0.1) is 6.92 Å². The second-order valence-corrected chi connectivity index (χ2v) is 3.65. The third-order valence-corrected chi connectivity index (χ3v) is 2.58. The van der Waals surface area contributed by atoms with Gasteiger partial charge in [0.2, 0.25) is 5.88 Å². The molecule has 0 atom stereocenters. The first-order valence-electron chi connectivity index (χ1n) is 5.06. The van der Waals surface area contributed by atoms with E-state index in [9.17, 15) is 5.11 Å². The van der Waals surface area contributed by atoms with Gasteiger partial charge in [0.25, 0.3) is 0 Å². The molecular weight excluding hydrogens is 218 g/mol. The molecule has 0 amide bonds. The topological polar surface area (TPSA) is 76.7 Å². The van der Waals surface area contributed by atoms with Gasteiger partial charge < -0.3 is 5.11 Å². The Balaban J connectivity index is 2.33. The van der Waals surface area contributed by atoms with E-state index in [1.54, 1.807) is 17.1 Å². The van der Waals surface area contributed by atoms with E-state index < -0.39 is 0 Å². The smallest absolute Gasteiger partial charge is 0.225 e. The van der Waals surface area contributed by atoms with Crippen molar-refractivity contribution in [1.82, 2.24) is 24.7 Å². The Hall–Kier alpha value is -2.50. The highest BCUT2D eigenvalue weighted by molar-refractivity contribution is 5.80. The summed E-state index contributed by atoms with van der Waals surface area (Å²) in [5.41, 5.74) is 2.43. The van der Waals surface area contributed by atoms with Crippen LogP contribution in [0.3, 0.4) is 0 Å². The fraction of sp³-hybridized carbons (Fsp3) is 0.0909. The zero-order chi connectivity index (χ0) is 11.8. The van der Waals surface area contributed by atoms with Crippen molar-refractivity contribution in [3.63, 3.8) is 0 Å². The van der Waals surface area contributed by atoms with Gasteiger partial charge in [-0.25, -0.2) is 14.6 Å². The predicted molar refractivity (Wildman–Crippen MR) is 60.9 cm³/mol. The third kappa shape index (κ3) is 1.42. The van der Waals surface area contributed by atoms with E-state index in [1.807, 2.05) is 13.0 Å². The largest absolute Gasteiger partial charge is 0.493 e. The molecule has 0 fully saturated rings. The van der Waals surface area contributed by atoms with Crippen LogP contribution in [0.2, 0.25) is 0 Å². The molecule has 0 aliphatic heterocycles. The first-order valence-corrected chi connectivity index (χ1v) is 5.06. The number of fused-ring (bicyclic) bond motifs is 1. The van der Waals surface area contributed by atoms with Crippen molar-refractivity contribution < 1.29 is 5.11 Å². The molecule has 0 unspecified atom stereocenters. The summed E-state index contributed by atoms with van der Waals surface area (Å²) in [7, 11) is 0. The van der Waals surface area contributed by atoms with E-state index in [0.717, 1.165) is 11.3 Å². The van der Waals surface area contributed by atoms with Crippen molar-refractivity contribution in [3.8, 4) is 11.6 Å². The van der Waals surface area contributed by atoms with Crippen molar-refractivity contribution in [2.75, 3.05) is 0 Å². The lowest BCUT2D eigenvalue weighted by Gasteiger charge is -2.05. The number of aryl methyl sites for hydroxylation is 1. The highest BCUT2D eigenvalue weighted by Gasteiger charge is 2.11. The second kappa shape index (κ2) is 3.51. The Morgan fingerprint density at radius 2 is 2.12 bits per heavy atom. The van der Waals surface area contributed by atoms with E-state index in [-0.39, 0.29) is 5.88 Å². The van der Waals surface area contributed by atoms with Crippen LogP contribution in [0.1, 0.15) is 5.56 Å². The van der Waals surface area contributed by atoms with E-state index in [1.165, 1.54) is 12.5 Å². The first kappa shape index (κ1) is 9.71. The molecule has 0 aliphatic carbocycles. The summed E-state index contributed by atoms with van der Waals surface area (Å²) in [6.07, 6.45) is 6.27. The average Bonchev–Trinajstić information content (AvgIpc) is 2.75. The van der Waals surface area contributed by atoms with Crippen LogP contribution < -0.4 is 0 Å². The molecule has 0 spiro atoms. The van der Waals surface area contributed by atoms with Crippen molar-refractivity contribution >= 4 is 11.0 Å². The predicted octanol–water partition coefficient (Wildman–Crippen LogP) is 1.22. The van der Waals surface area contributed by atoms with Crippen molar-refractivity contribution in [2.24, 2.45) is 0 Å². The molecule has 0 aliphatic rings. The second-order valence-electron chi connectivity index (χ2n) is 3.65. The number of pyridine rings is 1. The standard InChI is InChI=1S/C11H9N5O/c1-7-2-3-12-5-9(7)16-10-8(4-15-16)11(17)14-6-13-10/h2-6H,1H3,(H,13,14,17). The molecule has 1 N–H and O–H groups in total. The van der Waals surface area contributed by atoms with Crippen molar-refractivity contribution in [2.45, 2.75) is 6.92 Å². The number of aromatic hydroxyl groups is 1. The molecule has 0 saturated carbocycles. The van der Waals surface area contributed by atoms with Crippen LogP contribution in [0.5, 0.6) is 5.88 Å². The molecule has 84 valence electrons. The highest BCUT2D eigenvalue weighted by atomic mass is 16.3. The van der Waals surface area contributed by atoms with E-state index in [2.05, 4.69) is 20.1 Å². The Kier molecular flexibility index (Phi) is 2.01. The molecule has 3 heterocycles. The summed E-state index contributed by atoms with van der Waals surface area (Å²) in [4.78, 5) is 11.9. The molecule has 17 heavy (non-hydrogen) atoms. The van der Waals surface area contributed by atoms with Gasteiger partial charge in [0.05, 0.1) is 18.1 Å². The normalized spacial score (nSPS) is 10.9. The molecule has 3 rings (SSSR count). The molecule has 0 bridgehead atoms. The maximum atomic E-state index is 9.58. The summed E-state index contributed by atoms with van der Waals surface area (Å²) in [5, 5.41) is 14.3. The Morgan fingerprint density at radius 3 is 2.94 bits per heavy atom. The lowest BCUT2D eigenvalue weighted by atomic mass is 10.2. The highest BCUT2D eigenvalue weighted by Crippen LogP contribution is 2.22. The molecule has 0 aromatic carbocycles. The number of rotatable bonds is 1. The van der Waals surface area contributed by atoms with Crippen molar-refractivity contribution in [1.29, 1.82) is 0 Å². The summed E-state index contributed by atoms with van der Waals surface area (Å²) in [6, 6.07) is 1.89. The van der Waals surface area contributed by atoms with Gasteiger partial charge in [-0.1, -0.05) is 0 Å². The number of nitrogens with zero attached hydrogens (tertiary/aromatic N) is 5. The van der Waals surface area contributed by atoms with Gasteiger partial charge in [-0.05, 0) is 18.6 Å².